The molecule has 5 fully saturated rings. The Morgan fingerprint density at radius 1 is 1.00 bits per heavy atom. The van der Waals surface area contributed by atoms with E-state index in [-0.39, 0.29) is 79.7 Å². The first kappa shape index (κ1) is 45.4. The van der Waals surface area contributed by atoms with Crippen LogP contribution in [0.5, 0.6) is 0 Å². The molecule has 0 spiro atoms. The summed E-state index contributed by atoms with van der Waals surface area (Å²) in [6, 6.07) is 1.96. The van der Waals surface area contributed by atoms with E-state index in [9.17, 15) is 35.1 Å². The van der Waals surface area contributed by atoms with Crippen molar-refractivity contribution < 1.29 is 39.9 Å². The number of carbonyl (C=O) groups is 2. The number of aromatic amines is 1. The van der Waals surface area contributed by atoms with Gasteiger partial charge in [0.15, 0.2) is 11.7 Å². The number of aromatic nitrogens is 1. The minimum atomic E-state index is -1.67. The monoisotopic (exact) mass is 859 g/mol. The first-order valence-electron chi connectivity index (χ1n) is 23.9. The number of nitrogens with two attached hydrogens (primary N) is 2. The molecule has 0 radical (unpaired) electrons. The largest absolute Gasteiger partial charge is 0.465 e. The summed E-state index contributed by atoms with van der Waals surface area (Å²) in [4.78, 5) is 35.3. The van der Waals surface area contributed by atoms with E-state index >= 15 is 0 Å². The van der Waals surface area contributed by atoms with Gasteiger partial charge in [-0.3, -0.25) is 14.6 Å². The molecule has 1 aromatic rings. The number of rotatable bonds is 7. The molecule has 18 atom stereocenters. The second-order valence-corrected chi connectivity index (χ2v) is 22.1. The average molecular weight is 859 g/mol. The van der Waals surface area contributed by atoms with Crippen LogP contribution >= 0.6 is 0 Å². The number of aliphatic hydroxyl groups excluding tert-OH is 3. The lowest BCUT2D eigenvalue weighted by Crippen LogP contribution is -2.64. The number of esters is 1. The Labute approximate surface area is 368 Å². The van der Waals surface area contributed by atoms with Crippen molar-refractivity contribution in [1.29, 1.82) is 0 Å². The number of fused-ring (bicyclic) bond motifs is 8. The summed E-state index contributed by atoms with van der Waals surface area (Å²) in [6.45, 7) is 11.0. The van der Waals surface area contributed by atoms with Crippen LogP contribution in [0.15, 0.2) is 35.1 Å². The number of nitrogens with zero attached hydrogens (tertiary/aromatic N) is 1. The molecule has 1 saturated heterocycles. The molecule has 10 N–H and O–H groups in total. The number of aliphatic hydroxyl groups is 5. The second kappa shape index (κ2) is 17.0. The Kier molecular flexibility index (Phi) is 12.4. The summed E-state index contributed by atoms with van der Waals surface area (Å²) in [7, 11) is 0. The molecule has 0 amide bonds. The normalized spacial score (nSPS) is 46.8. The van der Waals surface area contributed by atoms with Crippen molar-refractivity contribution in [2.24, 2.45) is 92.4 Å². The molecule has 12 heteroatoms. The molecule has 2 heterocycles. The molecule has 4 saturated carbocycles. The number of guanidine groups is 1. The fourth-order valence-electron chi connectivity index (χ4n) is 15.6. The first-order valence-corrected chi connectivity index (χ1v) is 23.9. The minimum absolute atomic E-state index is 0.0587. The fraction of sp³-hybridized carbons (Fsp3) is 0.780. The van der Waals surface area contributed by atoms with Gasteiger partial charge in [-0.05, 0) is 141 Å². The number of ether oxygens (including phenoxy) is 1. The van der Waals surface area contributed by atoms with Gasteiger partial charge in [0.25, 0.3) is 0 Å². The standard InChI is InChI=1S/C50H74N4O8/c1-27(2)18-29-9-7-11-33-28(3)19-42(58)48(5,60)44-31(10-6-8-30(20-34(29)33)35-26-62-45(59)43(35)32-13-16-53-25-32)23-50(61)37-21-39(55)38-22-40(56)41(57)24-47(38,4)36(37)12-14-49(44,50)15-17-54-46(51)52/h13,16,21,25,27-31,33-36,38,40-44,53,56-58,60-61H,7,9-12,14-15,17-20,22-24,26H2,1-5H3,(H4,51,52,54)/t28-,29-,30-,31+,33+,34-,35+,36+,38+,40-,41+,42-,43-,44-,47-,48+,49+,50-/m1/s1. The number of allylic oxidation sites excluding steroid dienone is 1. The summed E-state index contributed by atoms with van der Waals surface area (Å²) in [6.07, 6.45) is 10.0. The zero-order valence-corrected chi connectivity index (χ0v) is 37.6. The van der Waals surface area contributed by atoms with Crippen molar-refractivity contribution in [3.8, 4) is 11.8 Å². The molecule has 0 unspecified atom stereocenters. The predicted octanol–water partition coefficient (Wildman–Crippen LogP) is 4.98. The van der Waals surface area contributed by atoms with E-state index in [2.05, 4.69) is 42.6 Å². The van der Waals surface area contributed by atoms with Crippen LogP contribution in [-0.2, 0) is 14.3 Å². The Morgan fingerprint density at radius 3 is 2.48 bits per heavy atom. The van der Waals surface area contributed by atoms with Crippen LogP contribution in [0, 0.1) is 87.8 Å². The van der Waals surface area contributed by atoms with E-state index in [4.69, 9.17) is 16.2 Å². The van der Waals surface area contributed by atoms with Crippen LogP contribution < -0.4 is 11.5 Å². The molecule has 8 rings (SSSR count). The topological polar surface area (TPSA) is 225 Å². The van der Waals surface area contributed by atoms with Crippen LogP contribution in [0.1, 0.15) is 130 Å². The predicted molar refractivity (Wildman–Crippen MR) is 236 cm³/mol. The molecule has 1 aromatic heterocycles. The number of hydrogen-bond acceptors (Lipinski definition) is 9. The van der Waals surface area contributed by atoms with Gasteiger partial charge in [-0.25, -0.2) is 0 Å². The molecule has 0 bridgehead atoms. The maximum absolute atomic E-state index is 14.2. The lowest BCUT2D eigenvalue weighted by molar-refractivity contribution is -0.189. The molecule has 342 valence electrons. The fourth-order valence-corrected chi connectivity index (χ4v) is 15.6. The third kappa shape index (κ3) is 7.57. The molecule has 12 nitrogen and oxygen atoms in total. The van der Waals surface area contributed by atoms with Crippen molar-refractivity contribution in [1.82, 2.24) is 4.98 Å². The van der Waals surface area contributed by atoms with Gasteiger partial charge in [0.1, 0.15) is 0 Å². The lowest BCUT2D eigenvalue weighted by atomic mass is 9.44. The van der Waals surface area contributed by atoms with Crippen LogP contribution in [-0.4, -0.2) is 90.9 Å². The highest BCUT2D eigenvalue weighted by molar-refractivity contribution is 5.95. The SMILES string of the molecule is CC(C)C[C@H]1CCC[C@@H]2[C@@H]1C[C@H]([C@@H]1COC(=O)[C@@H]1c1cc[nH]c1)C#CC[C@H]1C[C@@]3(O)C4=CC(=O)[C@@H]5C[C@@H](O)[C@@H](O)C[C@]5(C)[C@H]4CC[C@]3(CCN=C(N)N)[C@H]1[C@@](C)(O)[C@H](O)C[C@H]2C. The molecular formula is C50H74N4O8. The van der Waals surface area contributed by atoms with E-state index in [0.717, 1.165) is 37.7 Å². The van der Waals surface area contributed by atoms with Crippen molar-refractivity contribution in [3.05, 3.63) is 35.7 Å². The first-order chi connectivity index (χ1) is 29.3. The van der Waals surface area contributed by atoms with Crippen LogP contribution in [0.2, 0.25) is 0 Å². The van der Waals surface area contributed by atoms with Crippen LogP contribution in [0.25, 0.3) is 0 Å². The summed E-state index contributed by atoms with van der Waals surface area (Å²) in [5, 5.41) is 61.3. The smallest absolute Gasteiger partial charge is 0.313 e. The van der Waals surface area contributed by atoms with Gasteiger partial charge in [-0.15, -0.1) is 5.92 Å². The Bertz CT molecular complexity index is 1950. The van der Waals surface area contributed by atoms with Crippen LogP contribution in [0.3, 0.4) is 0 Å². The maximum Gasteiger partial charge on any atom is 0.313 e. The Morgan fingerprint density at radius 2 is 1.77 bits per heavy atom. The average Bonchev–Trinajstić information content (AvgIpc) is 3.92. The van der Waals surface area contributed by atoms with E-state index in [1.54, 1.807) is 13.0 Å². The van der Waals surface area contributed by atoms with Gasteiger partial charge in [-0.1, -0.05) is 46.5 Å². The van der Waals surface area contributed by atoms with E-state index in [1.807, 2.05) is 25.4 Å². The number of ketones is 1. The number of nitrogens with one attached hydrogen (secondary N) is 1. The summed E-state index contributed by atoms with van der Waals surface area (Å²) in [5.74, 6) is 6.00. The van der Waals surface area contributed by atoms with Crippen molar-refractivity contribution in [2.45, 2.75) is 154 Å². The zero-order valence-electron chi connectivity index (χ0n) is 37.6. The molecule has 6 aliphatic carbocycles. The second-order valence-electron chi connectivity index (χ2n) is 22.1. The highest BCUT2D eigenvalue weighted by atomic mass is 16.5. The van der Waals surface area contributed by atoms with Gasteiger partial charge in [-0.2, -0.15) is 0 Å². The Hall–Kier alpha value is -3.21. The third-order valence-corrected chi connectivity index (χ3v) is 18.3. The van der Waals surface area contributed by atoms with Crippen molar-refractivity contribution in [2.75, 3.05) is 13.2 Å². The number of carbonyl (C=O) groups excluding carboxylic acids is 2. The van der Waals surface area contributed by atoms with Gasteiger partial charge in [0, 0.05) is 54.4 Å². The minimum Gasteiger partial charge on any atom is -0.465 e. The molecular weight excluding hydrogens is 785 g/mol. The zero-order chi connectivity index (χ0) is 44.5. The number of aliphatic imine (C=N–C) groups is 1. The highest BCUT2D eigenvalue weighted by Gasteiger charge is 2.73. The molecule has 0 aromatic carbocycles. The van der Waals surface area contributed by atoms with Gasteiger partial charge < -0.3 is 46.7 Å². The maximum atomic E-state index is 14.2. The summed E-state index contributed by atoms with van der Waals surface area (Å²) >= 11 is 0. The lowest BCUT2D eigenvalue weighted by Gasteiger charge is -2.61. The van der Waals surface area contributed by atoms with Crippen molar-refractivity contribution in [3.63, 3.8) is 0 Å². The van der Waals surface area contributed by atoms with E-state index < -0.39 is 64.0 Å². The number of hydrogen-bond donors (Lipinski definition) is 8. The Balaban J connectivity index is 1.26. The van der Waals surface area contributed by atoms with E-state index in [1.165, 1.54) is 0 Å². The molecule has 1 aliphatic heterocycles. The molecule has 62 heavy (non-hydrogen) atoms. The van der Waals surface area contributed by atoms with Gasteiger partial charge in [0.05, 0.1) is 42.0 Å². The van der Waals surface area contributed by atoms with Gasteiger partial charge >= 0.3 is 5.97 Å². The summed E-state index contributed by atoms with van der Waals surface area (Å²) < 4.78 is 5.86. The molecule has 7 aliphatic rings. The van der Waals surface area contributed by atoms with Gasteiger partial charge in [0.2, 0.25) is 0 Å². The number of cyclic esters (lactones) is 1. The number of H-pyrrole nitrogens is 1. The highest BCUT2D eigenvalue weighted by Crippen LogP contribution is 2.72. The van der Waals surface area contributed by atoms with E-state index in [0.29, 0.717) is 55.4 Å². The summed E-state index contributed by atoms with van der Waals surface area (Å²) in [5.41, 5.74) is 8.31. The van der Waals surface area contributed by atoms with Crippen LogP contribution in [0.4, 0.5) is 0 Å². The third-order valence-electron chi connectivity index (χ3n) is 18.3. The van der Waals surface area contributed by atoms with Crippen molar-refractivity contribution >= 4 is 17.7 Å². The quantitative estimate of drug-likeness (QED) is 0.0795.